The van der Waals surface area contributed by atoms with E-state index in [1.807, 2.05) is 12.1 Å². The van der Waals surface area contributed by atoms with E-state index in [9.17, 15) is 4.79 Å². The molecule has 2 aliphatic rings. The van der Waals surface area contributed by atoms with E-state index in [0.717, 1.165) is 31.6 Å². The van der Waals surface area contributed by atoms with Crippen molar-refractivity contribution < 1.29 is 4.79 Å². The Balaban J connectivity index is 1.68. The number of nitrogens with one attached hydrogen (secondary N) is 2. The first kappa shape index (κ1) is 12.7. The van der Waals surface area contributed by atoms with Crippen LogP contribution in [0, 0.1) is 5.92 Å². The topological polar surface area (TPSA) is 41.1 Å². The van der Waals surface area contributed by atoms with Crippen LogP contribution in [0.25, 0.3) is 0 Å². The molecule has 1 aromatic carbocycles. The van der Waals surface area contributed by atoms with E-state index in [4.69, 9.17) is 0 Å². The van der Waals surface area contributed by atoms with Crippen LogP contribution in [0.15, 0.2) is 18.2 Å². The molecule has 3 rings (SSSR count). The Kier molecular flexibility index (Phi) is 3.83. The second-order valence-corrected chi connectivity index (χ2v) is 5.73. The molecule has 102 valence electrons. The van der Waals surface area contributed by atoms with Gasteiger partial charge in [0.1, 0.15) is 0 Å². The Bertz CT molecular complexity index is 464. The molecule has 0 atom stereocenters. The summed E-state index contributed by atoms with van der Waals surface area (Å²) >= 11 is 0. The fourth-order valence-corrected chi connectivity index (χ4v) is 3.29. The van der Waals surface area contributed by atoms with Gasteiger partial charge in [-0.25, -0.2) is 0 Å². The first-order chi connectivity index (χ1) is 9.34. The smallest absolute Gasteiger partial charge is 0.251 e. The Morgan fingerprint density at radius 1 is 1.32 bits per heavy atom. The zero-order valence-electron chi connectivity index (χ0n) is 11.4. The lowest BCUT2D eigenvalue weighted by Gasteiger charge is -2.20. The number of carbonyl (C=O) groups excluding carboxylic acids is 1. The number of carbonyl (C=O) groups is 1. The lowest BCUT2D eigenvalue weighted by atomic mass is 9.95. The number of rotatable bonds is 3. The van der Waals surface area contributed by atoms with Crippen molar-refractivity contribution in [2.75, 3.05) is 13.1 Å². The minimum atomic E-state index is 0.116. The van der Waals surface area contributed by atoms with E-state index in [-0.39, 0.29) is 5.91 Å². The lowest BCUT2D eigenvalue weighted by Crippen LogP contribution is -2.31. The van der Waals surface area contributed by atoms with Crippen LogP contribution >= 0.6 is 0 Å². The summed E-state index contributed by atoms with van der Waals surface area (Å²) in [5, 5.41) is 6.48. The third kappa shape index (κ3) is 2.81. The van der Waals surface area contributed by atoms with Crippen molar-refractivity contribution in [3.63, 3.8) is 0 Å². The summed E-state index contributed by atoms with van der Waals surface area (Å²) in [6, 6.07) is 6.08. The maximum atomic E-state index is 12.3. The Morgan fingerprint density at radius 2 is 2.16 bits per heavy atom. The van der Waals surface area contributed by atoms with Crippen LogP contribution in [0.2, 0.25) is 0 Å². The van der Waals surface area contributed by atoms with Crippen LogP contribution in [0.3, 0.4) is 0 Å². The fraction of sp³-hybridized carbons (Fsp3) is 0.562. The van der Waals surface area contributed by atoms with Crippen molar-refractivity contribution in [1.29, 1.82) is 0 Å². The summed E-state index contributed by atoms with van der Waals surface area (Å²) in [7, 11) is 0. The van der Waals surface area contributed by atoms with Crippen molar-refractivity contribution in [2.45, 2.75) is 38.6 Å². The Labute approximate surface area is 114 Å². The van der Waals surface area contributed by atoms with Crippen LogP contribution in [-0.2, 0) is 13.0 Å². The van der Waals surface area contributed by atoms with Crippen molar-refractivity contribution in [3.05, 3.63) is 34.9 Å². The molecule has 0 bridgehead atoms. The van der Waals surface area contributed by atoms with Gasteiger partial charge in [-0.15, -0.1) is 0 Å². The molecule has 1 fully saturated rings. The summed E-state index contributed by atoms with van der Waals surface area (Å²) in [5.74, 6) is 0.816. The fourth-order valence-electron chi connectivity index (χ4n) is 3.29. The summed E-state index contributed by atoms with van der Waals surface area (Å²) in [5.41, 5.74) is 3.40. The van der Waals surface area contributed by atoms with Gasteiger partial charge < -0.3 is 10.6 Å². The molecule has 19 heavy (non-hydrogen) atoms. The molecule has 0 spiro atoms. The zero-order chi connectivity index (χ0) is 13.1. The minimum Gasteiger partial charge on any atom is -0.352 e. The first-order valence-electron chi connectivity index (χ1n) is 7.44. The van der Waals surface area contributed by atoms with Gasteiger partial charge >= 0.3 is 0 Å². The minimum absolute atomic E-state index is 0.116. The maximum Gasteiger partial charge on any atom is 0.251 e. The van der Waals surface area contributed by atoms with Gasteiger partial charge in [-0.3, -0.25) is 4.79 Å². The molecule has 0 unspecified atom stereocenters. The van der Waals surface area contributed by atoms with E-state index < -0.39 is 0 Å². The summed E-state index contributed by atoms with van der Waals surface area (Å²) in [6.07, 6.45) is 6.16. The predicted octanol–water partition coefficient (Wildman–Crippen LogP) is 2.25. The SMILES string of the molecule is O=C(NCC1CCCC1)c1cccc2c1CCNC2. The van der Waals surface area contributed by atoms with Gasteiger partial charge in [-0.1, -0.05) is 25.0 Å². The van der Waals surface area contributed by atoms with E-state index in [2.05, 4.69) is 16.7 Å². The molecular weight excluding hydrogens is 236 g/mol. The van der Waals surface area contributed by atoms with E-state index >= 15 is 0 Å². The van der Waals surface area contributed by atoms with Gasteiger partial charge in [0, 0.05) is 18.7 Å². The largest absolute Gasteiger partial charge is 0.352 e. The molecule has 2 N–H and O–H groups in total. The van der Waals surface area contributed by atoms with Crippen molar-refractivity contribution in [1.82, 2.24) is 10.6 Å². The first-order valence-corrected chi connectivity index (χ1v) is 7.44. The zero-order valence-corrected chi connectivity index (χ0v) is 11.4. The molecule has 0 aromatic heterocycles. The van der Waals surface area contributed by atoms with Gasteiger partial charge in [0.05, 0.1) is 0 Å². The predicted molar refractivity (Wildman–Crippen MR) is 76.1 cm³/mol. The quantitative estimate of drug-likeness (QED) is 0.873. The standard InChI is InChI=1S/C16H22N2O/c19-16(18-10-12-4-1-2-5-12)15-7-3-6-13-11-17-9-8-14(13)15/h3,6-7,12,17H,1-2,4-5,8-11H2,(H,18,19). The van der Waals surface area contributed by atoms with Crippen molar-refractivity contribution in [2.24, 2.45) is 5.92 Å². The lowest BCUT2D eigenvalue weighted by molar-refractivity contribution is 0.0946. The van der Waals surface area contributed by atoms with Crippen LogP contribution in [0.4, 0.5) is 0 Å². The highest BCUT2D eigenvalue weighted by atomic mass is 16.1. The van der Waals surface area contributed by atoms with Gasteiger partial charge in [0.25, 0.3) is 5.91 Å². The van der Waals surface area contributed by atoms with Gasteiger partial charge in [0.15, 0.2) is 0 Å². The molecular formula is C16H22N2O. The second kappa shape index (κ2) is 5.74. The summed E-state index contributed by atoms with van der Waals surface area (Å²) in [6.45, 7) is 2.71. The van der Waals surface area contributed by atoms with Crippen LogP contribution in [-0.4, -0.2) is 19.0 Å². The molecule has 3 heteroatoms. The number of amides is 1. The number of benzene rings is 1. The van der Waals surface area contributed by atoms with Gasteiger partial charge in [-0.2, -0.15) is 0 Å². The van der Waals surface area contributed by atoms with E-state index in [1.54, 1.807) is 0 Å². The molecule has 1 aliphatic heterocycles. The molecule has 1 heterocycles. The van der Waals surface area contributed by atoms with Crippen LogP contribution < -0.4 is 10.6 Å². The Hall–Kier alpha value is -1.35. The average Bonchev–Trinajstić information content (AvgIpc) is 2.97. The number of hydrogen-bond donors (Lipinski definition) is 2. The van der Waals surface area contributed by atoms with Crippen molar-refractivity contribution >= 4 is 5.91 Å². The molecule has 0 saturated heterocycles. The van der Waals surface area contributed by atoms with Gasteiger partial charge in [-0.05, 0) is 48.9 Å². The monoisotopic (exact) mass is 258 g/mol. The molecule has 1 amide bonds. The average molecular weight is 258 g/mol. The maximum absolute atomic E-state index is 12.3. The van der Waals surface area contributed by atoms with Crippen molar-refractivity contribution in [3.8, 4) is 0 Å². The second-order valence-electron chi connectivity index (χ2n) is 5.73. The highest BCUT2D eigenvalue weighted by Gasteiger charge is 2.19. The van der Waals surface area contributed by atoms with E-state index in [0.29, 0.717) is 5.92 Å². The normalized spacial score (nSPS) is 19.2. The highest BCUT2D eigenvalue weighted by Crippen LogP contribution is 2.24. The third-order valence-corrected chi connectivity index (χ3v) is 4.41. The van der Waals surface area contributed by atoms with E-state index in [1.165, 1.54) is 36.8 Å². The molecule has 1 saturated carbocycles. The molecule has 1 aromatic rings. The van der Waals surface area contributed by atoms with Crippen LogP contribution in [0.1, 0.15) is 47.2 Å². The van der Waals surface area contributed by atoms with Gasteiger partial charge in [0.2, 0.25) is 0 Å². The Morgan fingerprint density at radius 3 is 3.00 bits per heavy atom. The third-order valence-electron chi connectivity index (χ3n) is 4.41. The van der Waals surface area contributed by atoms with Crippen LogP contribution in [0.5, 0.6) is 0 Å². The molecule has 0 radical (unpaired) electrons. The summed E-state index contributed by atoms with van der Waals surface area (Å²) < 4.78 is 0. The molecule has 1 aliphatic carbocycles. The number of hydrogen-bond acceptors (Lipinski definition) is 2. The number of fused-ring (bicyclic) bond motifs is 1. The highest BCUT2D eigenvalue weighted by molar-refractivity contribution is 5.96. The summed E-state index contributed by atoms with van der Waals surface area (Å²) in [4.78, 5) is 12.3. The molecule has 3 nitrogen and oxygen atoms in total.